The SMILES string of the molecule is CCC(C)(O)CNC(=O)c1ccccc1N. The second-order valence-electron chi connectivity index (χ2n) is 4.12. The first-order chi connectivity index (χ1) is 7.46. The van der Waals surface area contributed by atoms with E-state index in [4.69, 9.17) is 5.73 Å². The molecule has 1 aromatic carbocycles. The fourth-order valence-corrected chi connectivity index (χ4v) is 1.19. The van der Waals surface area contributed by atoms with Crippen molar-refractivity contribution in [2.24, 2.45) is 0 Å². The van der Waals surface area contributed by atoms with Gasteiger partial charge in [-0.1, -0.05) is 19.1 Å². The fourth-order valence-electron chi connectivity index (χ4n) is 1.19. The Morgan fingerprint density at radius 3 is 2.69 bits per heavy atom. The maximum absolute atomic E-state index is 11.7. The number of aliphatic hydroxyl groups is 1. The minimum atomic E-state index is -0.876. The molecule has 0 heterocycles. The lowest BCUT2D eigenvalue weighted by Gasteiger charge is -2.21. The highest BCUT2D eigenvalue weighted by molar-refractivity contribution is 5.99. The van der Waals surface area contributed by atoms with Crippen molar-refractivity contribution in [1.29, 1.82) is 0 Å². The van der Waals surface area contributed by atoms with Crippen LogP contribution in [0.15, 0.2) is 24.3 Å². The first kappa shape index (κ1) is 12.5. The van der Waals surface area contributed by atoms with E-state index in [1.807, 2.05) is 6.92 Å². The van der Waals surface area contributed by atoms with Crippen molar-refractivity contribution in [3.63, 3.8) is 0 Å². The summed E-state index contributed by atoms with van der Waals surface area (Å²) in [4.78, 5) is 11.7. The zero-order valence-corrected chi connectivity index (χ0v) is 9.66. The van der Waals surface area contributed by atoms with Crippen LogP contribution >= 0.6 is 0 Å². The van der Waals surface area contributed by atoms with Gasteiger partial charge in [0, 0.05) is 12.2 Å². The van der Waals surface area contributed by atoms with Gasteiger partial charge in [-0.2, -0.15) is 0 Å². The molecule has 0 bridgehead atoms. The quantitative estimate of drug-likeness (QED) is 0.669. The third-order valence-electron chi connectivity index (χ3n) is 2.60. The van der Waals surface area contributed by atoms with Gasteiger partial charge >= 0.3 is 0 Å². The molecule has 0 aliphatic rings. The zero-order valence-electron chi connectivity index (χ0n) is 9.66. The second kappa shape index (κ2) is 4.99. The summed E-state index contributed by atoms with van der Waals surface area (Å²) in [6.07, 6.45) is 0.581. The van der Waals surface area contributed by atoms with Gasteiger partial charge in [0.25, 0.3) is 5.91 Å². The zero-order chi connectivity index (χ0) is 12.2. The Hall–Kier alpha value is -1.55. The highest BCUT2D eigenvalue weighted by Gasteiger charge is 2.19. The van der Waals surface area contributed by atoms with Crippen LogP contribution in [-0.2, 0) is 0 Å². The first-order valence-corrected chi connectivity index (χ1v) is 5.31. The molecule has 0 fully saturated rings. The van der Waals surface area contributed by atoms with Crippen LogP contribution in [0.25, 0.3) is 0 Å². The lowest BCUT2D eigenvalue weighted by atomic mass is 10.0. The second-order valence-corrected chi connectivity index (χ2v) is 4.12. The van der Waals surface area contributed by atoms with Gasteiger partial charge in [0.2, 0.25) is 0 Å². The summed E-state index contributed by atoms with van der Waals surface area (Å²) in [5.41, 5.74) is 5.67. The molecule has 0 spiro atoms. The van der Waals surface area contributed by atoms with Crippen molar-refractivity contribution in [2.75, 3.05) is 12.3 Å². The van der Waals surface area contributed by atoms with Crippen LogP contribution in [0.5, 0.6) is 0 Å². The largest absolute Gasteiger partial charge is 0.398 e. The summed E-state index contributed by atoms with van der Waals surface area (Å²) in [6.45, 7) is 3.77. The van der Waals surface area contributed by atoms with Gasteiger partial charge in [0.05, 0.1) is 11.2 Å². The number of benzene rings is 1. The Kier molecular flexibility index (Phi) is 3.90. The number of hydrogen-bond donors (Lipinski definition) is 3. The molecule has 4 N–H and O–H groups in total. The molecular formula is C12H18N2O2. The molecule has 0 saturated heterocycles. The van der Waals surface area contributed by atoms with Gasteiger partial charge in [-0.25, -0.2) is 0 Å². The van der Waals surface area contributed by atoms with Crippen molar-refractivity contribution in [1.82, 2.24) is 5.32 Å². The topological polar surface area (TPSA) is 75.3 Å². The molecule has 1 aromatic rings. The average molecular weight is 222 g/mol. The van der Waals surface area contributed by atoms with Crippen LogP contribution in [0.1, 0.15) is 30.6 Å². The standard InChI is InChI=1S/C12H18N2O2/c1-3-12(2,16)8-14-11(15)9-6-4-5-7-10(9)13/h4-7,16H,3,8,13H2,1-2H3,(H,14,15). The van der Waals surface area contributed by atoms with Crippen LogP contribution in [-0.4, -0.2) is 23.2 Å². The number of nitrogen functional groups attached to an aromatic ring is 1. The molecule has 4 nitrogen and oxygen atoms in total. The molecule has 1 atom stereocenters. The van der Waals surface area contributed by atoms with Gasteiger partial charge < -0.3 is 16.2 Å². The summed E-state index contributed by atoms with van der Waals surface area (Å²) in [5, 5.41) is 12.4. The van der Waals surface area contributed by atoms with Gasteiger partial charge in [0.15, 0.2) is 0 Å². The molecule has 0 radical (unpaired) electrons. The number of nitrogens with two attached hydrogens (primary N) is 1. The molecule has 1 rings (SSSR count). The van der Waals surface area contributed by atoms with Crippen LogP contribution in [0, 0.1) is 0 Å². The average Bonchev–Trinajstić information content (AvgIpc) is 2.27. The number of hydrogen-bond acceptors (Lipinski definition) is 3. The molecule has 1 unspecified atom stereocenters. The van der Waals surface area contributed by atoms with E-state index in [9.17, 15) is 9.90 Å². The number of carbonyl (C=O) groups is 1. The van der Waals surface area contributed by atoms with Gasteiger partial charge in [-0.15, -0.1) is 0 Å². The predicted octanol–water partition coefficient (Wildman–Crippen LogP) is 1.16. The first-order valence-electron chi connectivity index (χ1n) is 5.31. The summed E-state index contributed by atoms with van der Waals surface area (Å²) in [6, 6.07) is 6.86. The van der Waals surface area contributed by atoms with Crippen LogP contribution in [0.4, 0.5) is 5.69 Å². The molecule has 0 aliphatic heterocycles. The minimum absolute atomic E-state index is 0.219. The van der Waals surface area contributed by atoms with Crippen molar-refractivity contribution < 1.29 is 9.90 Å². The Morgan fingerprint density at radius 2 is 2.12 bits per heavy atom. The van der Waals surface area contributed by atoms with E-state index in [1.54, 1.807) is 31.2 Å². The minimum Gasteiger partial charge on any atom is -0.398 e. The summed E-state index contributed by atoms with van der Waals surface area (Å²) < 4.78 is 0. The summed E-state index contributed by atoms with van der Waals surface area (Å²) in [7, 11) is 0. The van der Waals surface area contributed by atoms with Crippen LogP contribution in [0.3, 0.4) is 0 Å². The molecule has 1 amide bonds. The highest BCUT2D eigenvalue weighted by Crippen LogP contribution is 2.11. The molecular weight excluding hydrogens is 204 g/mol. The lowest BCUT2D eigenvalue weighted by molar-refractivity contribution is 0.0518. The summed E-state index contributed by atoms with van der Waals surface area (Å²) >= 11 is 0. The van der Waals surface area contributed by atoms with Gasteiger partial charge in [-0.05, 0) is 25.5 Å². The van der Waals surface area contributed by atoms with E-state index in [0.29, 0.717) is 17.7 Å². The van der Waals surface area contributed by atoms with E-state index >= 15 is 0 Å². The van der Waals surface area contributed by atoms with Crippen molar-refractivity contribution in [2.45, 2.75) is 25.9 Å². The van der Waals surface area contributed by atoms with E-state index in [-0.39, 0.29) is 12.5 Å². The van der Waals surface area contributed by atoms with Crippen molar-refractivity contribution in [3.8, 4) is 0 Å². The molecule has 0 aliphatic carbocycles. The number of para-hydroxylation sites is 1. The van der Waals surface area contributed by atoms with E-state index < -0.39 is 5.60 Å². The third-order valence-corrected chi connectivity index (χ3v) is 2.60. The molecule has 88 valence electrons. The Balaban J connectivity index is 2.64. The number of carbonyl (C=O) groups excluding carboxylic acids is 1. The number of anilines is 1. The predicted molar refractivity (Wildman–Crippen MR) is 64.1 cm³/mol. The Bertz CT molecular complexity index is 375. The van der Waals surface area contributed by atoms with Crippen molar-refractivity contribution >= 4 is 11.6 Å². The monoisotopic (exact) mass is 222 g/mol. The normalized spacial score (nSPS) is 14.2. The van der Waals surface area contributed by atoms with E-state index in [1.165, 1.54) is 0 Å². The van der Waals surface area contributed by atoms with Gasteiger partial charge in [-0.3, -0.25) is 4.79 Å². The fraction of sp³-hybridized carbons (Fsp3) is 0.417. The molecule has 0 aromatic heterocycles. The number of rotatable bonds is 4. The third kappa shape index (κ3) is 3.24. The Labute approximate surface area is 95.5 Å². The van der Waals surface area contributed by atoms with E-state index in [0.717, 1.165) is 0 Å². The molecule has 4 heteroatoms. The van der Waals surface area contributed by atoms with Crippen LogP contribution < -0.4 is 11.1 Å². The number of nitrogens with one attached hydrogen (secondary N) is 1. The lowest BCUT2D eigenvalue weighted by Crippen LogP contribution is -2.40. The number of amides is 1. The molecule has 0 saturated carbocycles. The smallest absolute Gasteiger partial charge is 0.253 e. The van der Waals surface area contributed by atoms with Crippen molar-refractivity contribution in [3.05, 3.63) is 29.8 Å². The summed E-state index contributed by atoms with van der Waals surface area (Å²) in [5.74, 6) is -0.258. The molecule has 16 heavy (non-hydrogen) atoms. The van der Waals surface area contributed by atoms with Gasteiger partial charge in [0.1, 0.15) is 0 Å². The Morgan fingerprint density at radius 1 is 1.50 bits per heavy atom. The highest BCUT2D eigenvalue weighted by atomic mass is 16.3. The van der Waals surface area contributed by atoms with E-state index in [2.05, 4.69) is 5.32 Å². The maximum Gasteiger partial charge on any atom is 0.253 e. The van der Waals surface area contributed by atoms with Crippen LogP contribution in [0.2, 0.25) is 0 Å². The maximum atomic E-state index is 11.7.